The molecule has 0 saturated heterocycles. The summed E-state index contributed by atoms with van der Waals surface area (Å²) in [5.41, 5.74) is 6.17. The summed E-state index contributed by atoms with van der Waals surface area (Å²) in [5, 5.41) is 9.56. The molecule has 10 heteroatoms. The molecule has 1 rings (SSSR count). The number of hydrogen-bond acceptors (Lipinski definition) is 7. The first-order chi connectivity index (χ1) is 9.73. The van der Waals surface area contributed by atoms with Gasteiger partial charge in [-0.1, -0.05) is 6.07 Å². The lowest BCUT2D eigenvalue weighted by atomic mass is 10.1. The van der Waals surface area contributed by atoms with Crippen LogP contribution in [0.1, 0.15) is 5.56 Å². The zero-order chi connectivity index (χ0) is 16.0. The van der Waals surface area contributed by atoms with Crippen LogP contribution >= 0.6 is 7.82 Å². The highest BCUT2D eigenvalue weighted by Gasteiger charge is 2.17. The van der Waals surface area contributed by atoms with Gasteiger partial charge >= 0.3 is 13.8 Å². The van der Waals surface area contributed by atoms with Crippen molar-refractivity contribution in [3.63, 3.8) is 0 Å². The fourth-order valence-corrected chi connectivity index (χ4v) is 1.64. The van der Waals surface area contributed by atoms with Gasteiger partial charge in [0.25, 0.3) is 0 Å². The van der Waals surface area contributed by atoms with Crippen molar-refractivity contribution in [2.45, 2.75) is 12.5 Å². The number of ether oxygens (including phenoxy) is 2. The minimum absolute atomic E-state index is 0.0574. The number of carbonyl (C=O) groups excluding carboxylic acids is 1. The Hall–Kier alpha value is -1.64. The van der Waals surface area contributed by atoms with E-state index in [4.69, 9.17) is 20.3 Å². The average Bonchev–Trinajstić information content (AvgIpc) is 2.39. The topological polar surface area (TPSA) is 149 Å². The first-order valence-electron chi connectivity index (χ1n) is 5.71. The van der Waals surface area contributed by atoms with Crippen molar-refractivity contribution in [3.8, 4) is 11.5 Å². The van der Waals surface area contributed by atoms with E-state index in [0.717, 1.165) is 0 Å². The molecule has 0 amide bonds. The fraction of sp³-hybridized carbons (Fsp3) is 0.364. The molecular weight excluding hydrogens is 305 g/mol. The number of aromatic hydroxyl groups is 1. The summed E-state index contributed by atoms with van der Waals surface area (Å²) in [6.45, 7) is -0.746. The lowest BCUT2D eigenvalue weighted by Crippen LogP contribution is -2.33. The molecule has 118 valence electrons. The van der Waals surface area contributed by atoms with E-state index in [-0.39, 0.29) is 17.9 Å². The lowest BCUT2D eigenvalue weighted by Gasteiger charge is -2.12. The van der Waals surface area contributed by atoms with E-state index in [1.165, 1.54) is 25.3 Å². The minimum Gasteiger partial charge on any atom is -0.504 e. The number of phosphoric acid groups is 1. The SMILES string of the molecule is COC(=O)C(N)Cc1ccc(O)c(OCOP(=O)(O)O)c1. The van der Waals surface area contributed by atoms with Crippen molar-refractivity contribution in [2.24, 2.45) is 5.73 Å². The van der Waals surface area contributed by atoms with Crippen molar-refractivity contribution < 1.29 is 38.3 Å². The van der Waals surface area contributed by atoms with Crippen LogP contribution in [0, 0.1) is 0 Å². The number of hydrogen-bond donors (Lipinski definition) is 4. The third-order valence-corrected chi connectivity index (χ3v) is 2.86. The fourth-order valence-electron chi connectivity index (χ4n) is 1.45. The third kappa shape index (κ3) is 6.11. The molecule has 0 fully saturated rings. The Kier molecular flexibility index (Phi) is 6.13. The predicted octanol–water partition coefficient (Wildman–Crippen LogP) is -0.119. The van der Waals surface area contributed by atoms with E-state index in [1.807, 2.05) is 0 Å². The molecular formula is C11H16NO8P. The molecule has 1 aromatic rings. The van der Waals surface area contributed by atoms with Gasteiger partial charge in [-0.3, -0.25) is 4.79 Å². The molecule has 0 saturated carbocycles. The number of benzene rings is 1. The standard InChI is InChI=1S/C11H16NO8P/c1-18-11(14)8(12)4-7-2-3-9(13)10(5-7)19-6-20-21(15,16)17/h2-3,5,8,13H,4,6,12H2,1H3,(H2,15,16,17). The number of phenols is 1. The van der Waals surface area contributed by atoms with Crippen molar-refractivity contribution in [1.29, 1.82) is 0 Å². The van der Waals surface area contributed by atoms with Gasteiger partial charge in [-0.15, -0.1) is 0 Å². The molecule has 0 heterocycles. The van der Waals surface area contributed by atoms with Crippen LogP contribution in [0.5, 0.6) is 11.5 Å². The van der Waals surface area contributed by atoms with Gasteiger partial charge in [0.05, 0.1) is 7.11 Å². The Balaban J connectivity index is 2.71. The maximum Gasteiger partial charge on any atom is 0.472 e. The largest absolute Gasteiger partial charge is 0.504 e. The quantitative estimate of drug-likeness (QED) is 0.306. The van der Waals surface area contributed by atoms with Gasteiger partial charge in [-0.2, -0.15) is 0 Å². The molecule has 1 atom stereocenters. The summed E-state index contributed by atoms with van der Waals surface area (Å²) in [6, 6.07) is 3.32. The highest BCUT2D eigenvalue weighted by molar-refractivity contribution is 7.46. The van der Waals surface area contributed by atoms with Crippen LogP contribution < -0.4 is 10.5 Å². The number of phosphoric ester groups is 1. The smallest absolute Gasteiger partial charge is 0.472 e. The Morgan fingerprint density at radius 2 is 2.10 bits per heavy atom. The van der Waals surface area contributed by atoms with E-state index in [2.05, 4.69) is 9.26 Å². The van der Waals surface area contributed by atoms with Crippen molar-refractivity contribution >= 4 is 13.8 Å². The second kappa shape index (κ2) is 7.39. The Bertz CT molecular complexity index is 543. The van der Waals surface area contributed by atoms with Gasteiger partial charge in [-0.25, -0.2) is 9.09 Å². The summed E-state index contributed by atoms with van der Waals surface area (Å²) in [6.07, 6.45) is 0.142. The van der Waals surface area contributed by atoms with Crippen LogP contribution in [-0.4, -0.2) is 40.8 Å². The molecule has 0 radical (unpaired) electrons. The first-order valence-corrected chi connectivity index (χ1v) is 7.24. The Labute approximate surface area is 120 Å². The van der Waals surface area contributed by atoms with Gasteiger partial charge in [0.2, 0.25) is 6.79 Å². The second-order valence-corrected chi connectivity index (χ2v) is 5.26. The summed E-state index contributed by atoms with van der Waals surface area (Å²) < 4.78 is 24.0. The molecule has 0 aliphatic rings. The maximum atomic E-state index is 11.2. The number of carbonyl (C=O) groups is 1. The molecule has 0 aromatic heterocycles. The summed E-state index contributed by atoms with van der Waals surface area (Å²) in [7, 11) is -3.44. The van der Waals surface area contributed by atoms with Crippen LogP contribution in [0.4, 0.5) is 0 Å². The number of rotatable bonds is 7. The van der Waals surface area contributed by atoms with Crippen molar-refractivity contribution in [1.82, 2.24) is 0 Å². The summed E-state index contributed by atoms with van der Waals surface area (Å²) in [5.74, 6) is -0.895. The highest BCUT2D eigenvalue weighted by Crippen LogP contribution is 2.36. The molecule has 1 aromatic carbocycles. The first kappa shape index (κ1) is 17.4. The maximum absolute atomic E-state index is 11.2. The molecule has 0 aliphatic carbocycles. The normalized spacial score (nSPS) is 12.8. The zero-order valence-electron chi connectivity index (χ0n) is 11.1. The van der Waals surface area contributed by atoms with E-state index in [9.17, 15) is 14.5 Å². The summed E-state index contributed by atoms with van der Waals surface area (Å²) >= 11 is 0. The van der Waals surface area contributed by atoms with Crippen molar-refractivity contribution in [2.75, 3.05) is 13.9 Å². The number of methoxy groups -OCH3 is 1. The highest BCUT2D eigenvalue weighted by atomic mass is 31.2. The van der Waals surface area contributed by atoms with Gasteiger partial charge in [0.15, 0.2) is 11.5 Å². The molecule has 5 N–H and O–H groups in total. The number of phenolic OH excluding ortho intramolecular Hbond substituents is 1. The summed E-state index contributed by atoms with van der Waals surface area (Å²) in [4.78, 5) is 28.2. The third-order valence-electron chi connectivity index (χ3n) is 2.42. The zero-order valence-corrected chi connectivity index (χ0v) is 12.0. The molecule has 0 aliphatic heterocycles. The van der Waals surface area contributed by atoms with Gasteiger partial charge < -0.3 is 30.1 Å². The molecule has 9 nitrogen and oxygen atoms in total. The average molecular weight is 321 g/mol. The van der Waals surface area contributed by atoms with Crippen LogP contribution in [0.3, 0.4) is 0 Å². The molecule has 0 spiro atoms. The molecule has 21 heavy (non-hydrogen) atoms. The second-order valence-electron chi connectivity index (χ2n) is 4.02. The monoisotopic (exact) mass is 321 g/mol. The van der Waals surface area contributed by atoms with E-state index >= 15 is 0 Å². The van der Waals surface area contributed by atoms with E-state index in [0.29, 0.717) is 5.56 Å². The minimum atomic E-state index is -4.66. The van der Waals surface area contributed by atoms with Gasteiger partial charge in [-0.05, 0) is 24.1 Å². The van der Waals surface area contributed by atoms with Crippen LogP contribution in [0.25, 0.3) is 0 Å². The van der Waals surface area contributed by atoms with Crippen LogP contribution in [0.2, 0.25) is 0 Å². The molecule has 1 unspecified atom stereocenters. The van der Waals surface area contributed by atoms with Gasteiger partial charge in [0.1, 0.15) is 6.04 Å². The van der Waals surface area contributed by atoms with Crippen LogP contribution in [0.15, 0.2) is 18.2 Å². The molecule has 0 bridgehead atoms. The van der Waals surface area contributed by atoms with E-state index < -0.39 is 26.6 Å². The Morgan fingerprint density at radius 1 is 1.43 bits per heavy atom. The van der Waals surface area contributed by atoms with Crippen molar-refractivity contribution in [3.05, 3.63) is 23.8 Å². The Morgan fingerprint density at radius 3 is 2.67 bits per heavy atom. The number of esters is 1. The number of nitrogens with two attached hydrogens (primary N) is 1. The van der Waals surface area contributed by atoms with Gasteiger partial charge in [0, 0.05) is 0 Å². The van der Waals surface area contributed by atoms with Crippen LogP contribution in [-0.2, 0) is 25.0 Å². The van der Waals surface area contributed by atoms with E-state index in [1.54, 1.807) is 0 Å². The lowest BCUT2D eigenvalue weighted by molar-refractivity contribution is -0.142. The predicted molar refractivity (Wildman–Crippen MR) is 70.4 cm³/mol.